The van der Waals surface area contributed by atoms with Crippen molar-refractivity contribution in [1.82, 2.24) is 0 Å². The second-order valence-corrected chi connectivity index (χ2v) is 10.8. The lowest BCUT2D eigenvalue weighted by atomic mass is 9.70. The van der Waals surface area contributed by atoms with E-state index in [-0.39, 0.29) is 34.6 Å². The van der Waals surface area contributed by atoms with Crippen LogP contribution in [-0.4, -0.2) is 36.4 Å². The van der Waals surface area contributed by atoms with E-state index in [2.05, 4.69) is 20.8 Å². The van der Waals surface area contributed by atoms with Gasteiger partial charge in [-0.2, -0.15) is 0 Å². The molecule has 158 valence electrons. The molecule has 3 unspecified atom stereocenters. The lowest BCUT2D eigenvalue weighted by Gasteiger charge is -2.36. The molecule has 28 heavy (non-hydrogen) atoms. The molecule has 0 spiro atoms. The number of fused-ring (bicyclic) bond motifs is 2. The molecule has 5 nitrogen and oxygen atoms in total. The number of aliphatic imine (C=N–C) groups is 1. The lowest BCUT2D eigenvalue weighted by molar-refractivity contribution is -0.159. The van der Waals surface area contributed by atoms with Crippen molar-refractivity contribution in [1.29, 1.82) is 0 Å². The minimum Gasteiger partial charge on any atom is -0.469 e. The number of methoxy groups -OCH3 is 1. The van der Waals surface area contributed by atoms with Gasteiger partial charge in [0.25, 0.3) is 0 Å². The van der Waals surface area contributed by atoms with Gasteiger partial charge in [0, 0.05) is 17.0 Å². The minimum absolute atomic E-state index is 0.0251. The summed E-state index contributed by atoms with van der Waals surface area (Å²) >= 11 is 0. The zero-order valence-corrected chi connectivity index (χ0v) is 18.6. The van der Waals surface area contributed by atoms with Gasteiger partial charge in [-0.15, -0.1) is 0 Å². The zero-order valence-electron chi connectivity index (χ0n) is 18.6. The average molecular weight is 392 g/mol. The second-order valence-electron chi connectivity index (χ2n) is 10.8. The van der Waals surface area contributed by atoms with Crippen LogP contribution in [0.3, 0.4) is 0 Å². The van der Waals surface area contributed by atoms with Crippen LogP contribution in [-0.2, 0) is 19.1 Å². The highest BCUT2D eigenvalue weighted by Gasteiger charge is 2.60. The first-order valence-corrected chi connectivity index (χ1v) is 10.8. The molecular weight excluding hydrogens is 354 g/mol. The Labute approximate surface area is 169 Å². The predicted molar refractivity (Wildman–Crippen MR) is 109 cm³/mol. The maximum absolute atomic E-state index is 13.2. The molecule has 3 fully saturated rings. The second kappa shape index (κ2) is 7.14. The Hall–Kier alpha value is -1.39. The van der Waals surface area contributed by atoms with E-state index in [0.29, 0.717) is 5.92 Å². The van der Waals surface area contributed by atoms with Crippen molar-refractivity contribution in [2.45, 2.75) is 91.7 Å². The monoisotopic (exact) mass is 391 g/mol. The van der Waals surface area contributed by atoms with Crippen LogP contribution in [0.1, 0.15) is 80.1 Å². The van der Waals surface area contributed by atoms with Gasteiger partial charge in [-0.3, -0.25) is 9.79 Å². The van der Waals surface area contributed by atoms with Gasteiger partial charge in [-0.05, 0) is 64.2 Å². The highest BCUT2D eigenvalue weighted by Crippen LogP contribution is 2.64. The Morgan fingerprint density at radius 2 is 1.82 bits per heavy atom. The summed E-state index contributed by atoms with van der Waals surface area (Å²) in [6, 6.07) is -0.618. The molecule has 0 heterocycles. The van der Waals surface area contributed by atoms with Crippen LogP contribution in [0.15, 0.2) is 4.99 Å². The van der Waals surface area contributed by atoms with Crippen molar-refractivity contribution in [3.05, 3.63) is 0 Å². The molecule has 0 saturated heterocycles. The molecule has 5 heteroatoms. The highest BCUT2D eigenvalue weighted by atomic mass is 16.6. The van der Waals surface area contributed by atoms with Gasteiger partial charge in [0.15, 0.2) is 6.04 Å². The zero-order chi connectivity index (χ0) is 20.9. The molecule has 0 aromatic carbocycles. The predicted octanol–water partition coefficient (Wildman–Crippen LogP) is 4.57. The van der Waals surface area contributed by atoms with E-state index in [1.54, 1.807) is 0 Å². The first-order valence-electron chi connectivity index (χ1n) is 10.8. The number of carbonyl (C=O) groups is 2. The van der Waals surface area contributed by atoms with Gasteiger partial charge in [-0.1, -0.05) is 27.2 Å². The van der Waals surface area contributed by atoms with E-state index in [0.717, 1.165) is 37.8 Å². The molecule has 3 saturated carbocycles. The van der Waals surface area contributed by atoms with Crippen LogP contribution >= 0.6 is 0 Å². The van der Waals surface area contributed by atoms with Gasteiger partial charge in [-0.25, -0.2) is 4.79 Å². The fourth-order valence-electron chi connectivity index (χ4n) is 5.79. The van der Waals surface area contributed by atoms with Crippen LogP contribution in [0.4, 0.5) is 0 Å². The third-order valence-corrected chi connectivity index (χ3v) is 7.93. The van der Waals surface area contributed by atoms with Crippen molar-refractivity contribution >= 4 is 17.7 Å². The number of esters is 2. The summed E-state index contributed by atoms with van der Waals surface area (Å²) in [6.07, 6.45) is 5.79. The molecule has 2 bridgehead atoms. The van der Waals surface area contributed by atoms with Crippen molar-refractivity contribution in [3.63, 3.8) is 0 Å². The Kier molecular flexibility index (Phi) is 5.44. The van der Waals surface area contributed by atoms with Gasteiger partial charge in [0.2, 0.25) is 0 Å². The molecular formula is C23H37NO4. The van der Waals surface area contributed by atoms with Gasteiger partial charge in [0.1, 0.15) is 5.60 Å². The third kappa shape index (κ3) is 3.50. The standard InChI is InChI=1S/C23H37NO4/c1-21(2,3)28-20(26)18(15-9-8-10-16(15)19(25)27-7)24-17-13-14-11-12-23(17,6)22(14,4)5/h14-16,18H,8-13H2,1-7H3/t14?,15-,16+,18?,23?/m0/s1. The first-order chi connectivity index (χ1) is 12.9. The molecule has 0 aromatic heterocycles. The third-order valence-electron chi connectivity index (χ3n) is 7.93. The summed E-state index contributed by atoms with van der Waals surface area (Å²) in [7, 11) is 1.42. The van der Waals surface area contributed by atoms with E-state index in [1.165, 1.54) is 13.5 Å². The Balaban J connectivity index is 1.96. The normalized spacial score (nSPS) is 36.5. The summed E-state index contributed by atoms with van der Waals surface area (Å²) in [5.41, 5.74) is 0.798. The fraction of sp³-hybridized carbons (Fsp3) is 0.870. The molecule has 0 radical (unpaired) electrons. The van der Waals surface area contributed by atoms with E-state index >= 15 is 0 Å². The maximum atomic E-state index is 13.2. The van der Waals surface area contributed by atoms with Crippen molar-refractivity contribution in [3.8, 4) is 0 Å². The number of hydrogen-bond donors (Lipinski definition) is 0. The smallest absolute Gasteiger partial charge is 0.331 e. The van der Waals surface area contributed by atoms with Crippen LogP contribution in [0.5, 0.6) is 0 Å². The average Bonchev–Trinajstić information content (AvgIpc) is 3.20. The summed E-state index contributed by atoms with van der Waals surface area (Å²) in [6.45, 7) is 12.6. The lowest BCUT2D eigenvalue weighted by Crippen LogP contribution is -2.41. The van der Waals surface area contributed by atoms with Crippen molar-refractivity contribution < 1.29 is 19.1 Å². The number of carbonyl (C=O) groups excluding carboxylic acids is 2. The Morgan fingerprint density at radius 1 is 1.14 bits per heavy atom. The molecule has 0 aromatic rings. The van der Waals surface area contributed by atoms with Gasteiger partial charge in [0.05, 0.1) is 13.0 Å². The molecule has 0 aliphatic heterocycles. The molecule has 5 atom stereocenters. The van der Waals surface area contributed by atoms with Crippen LogP contribution in [0, 0.1) is 28.6 Å². The largest absolute Gasteiger partial charge is 0.469 e. The van der Waals surface area contributed by atoms with Crippen LogP contribution in [0.25, 0.3) is 0 Å². The molecule has 0 amide bonds. The topological polar surface area (TPSA) is 65.0 Å². The number of ether oxygens (including phenoxy) is 2. The van der Waals surface area contributed by atoms with Gasteiger partial charge >= 0.3 is 11.9 Å². The fourth-order valence-corrected chi connectivity index (χ4v) is 5.79. The van der Waals surface area contributed by atoms with Gasteiger partial charge < -0.3 is 9.47 Å². The molecule has 0 N–H and O–H groups in total. The minimum atomic E-state index is -0.618. The van der Waals surface area contributed by atoms with E-state index in [4.69, 9.17) is 14.5 Å². The highest BCUT2D eigenvalue weighted by molar-refractivity contribution is 5.96. The molecule has 3 aliphatic carbocycles. The summed E-state index contributed by atoms with van der Waals surface area (Å²) in [5.74, 6) is -0.317. The molecule has 3 rings (SSSR count). The van der Waals surface area contributed by atoms with E-state index in [1.807, 2.05) is 20.8 Å². The van der Waals surface area contributed by atoms with E-state index < -0.39 is 11.6 Å². The van der Waals surface area contributed by atoms with Crippen LogP contribution < -0.4 is 0 Å². The maximum Gasteiger partial charge on any atom is 0.331 e. The van der Waals surface area contributed by atoms with Crippen LogP contribution in [0.2, 0.25) is 0 Å². The van der Waals surface area contributed by atoms with E-state index in [9.17, 15) is 9.59 Å². The number of rotatable bonds is 4. The van der Waals surface area contributed by atoms with Crippen molar-refractivity contribution in [2.75, 3.05) is 7.11 Å². The molecule has 3 aliphatic rings. The first kappa shape index (κ1) is 21.3. The van der Waals surface area contributed by atoms with Crippen molar-refractivity contribution in [2.24, 2.45) is 33.6 Å². The Morgan fingerprint density at radius 3 is 2.32 bits per heavy atom. The summed E-state index contributed by atoms with van der Waals surface area (Å²) in [4.78, 5) is 30.6. The quantitative estimate of drug-likeness (QED) is 0.658. The SMILES string of the molecule is COC(=O)[C@@H]1CCC[C@@H]1C(N=C1CC2CCC1(C)C2(C)C)C(=O)OC(C)(C)C. The Bertz CT molecular complexity index is 675. The summed E-state index contributed by atoms with van der Waals surface area (Å²) < 4.78 is 10.8. The number of nitrogens with zero attached hydrogens (tertiary/aromatic N) is 1. The number of hydrogen-bond acceptors (Lipinski definition) is 5. The summed E-state index contributed by atoms with van der Waals surface area (Å²) in [5, 5.41) is 0.